The van der Waals surface area contributed by atoms with Gasteiger partial charge in [-0.3, -0.25) is 0 Å². The maximum absolute atomic E-state index is 6.50. The Balaban J connectivity index is 0.000000109. The fourth-order valence-electron chi connectivity index (χ4n) is 12.3. The standard InChI is InChI=1S/C26H20O.C19H13BrO.C19H14O.C12H7BrO.C6H7N.C4H8O/c1-18-9-5-6-13-21(18)22-15-8-16-24-23-14-7-12-20(25(23)27-26(22)24)17-19-10-3-2-4-11-19;1-12-6-2-3-7-13(12)14-8-4-9-15-16-10-5-11-17(20)19(16)21-18(14)15;1-13-7-2-3-8-14(13)16-10-6-11-17-15-9-4-5-12-18(15)20-19(16)17;13-10-6-3-5-9-8-4-1-2-7-11(8)14-12(9)10;7-6-4-2-1-3-5-6;1-2-4-5-3-1/h2-16H,17H2,1H3;2-11H,1H3;2-12H,1H3;1-7H;1-5H,7H2;1-4H2. The minimum absolute atomic E-state index is 0.822. The van der Waals surface area contributed by atoms with E-state index in [0.717, 1.165) is 112 Å². The lowest BCUT2D eigenvalue weighted by Gasteiger charge is -2.06. The second-order valence-corrected chi connectivity index (χ2v) is 25.0. The molecule has 0 unspecified atom stereocenters. The summed E-state index contributed by atoms with van der Waals surface area (Å²) in [7, 11) is 0. The number of hydrogen-bond acceptors (Lipinski definition) is 6. The van der Waals surface area contributed by atoms with Crippen LogP contribution in [0.4, 0.5) is 5.69 Å². The molecule has 0 aliphatic carbocycles. The summed E-state index contributed by atoms with van der Waals surface area (Å²) in [5.41, 5.74) is 27.3. The monoisotopic (exact) mass is 1350 g/mol. The molecule has 94 heavy (non-hydrogen) atoms. The number of nitrogens with two attached hydrogens (primary N) is 1. The SMILES string of the molecule is Brc1cccc2c1oc1ccccc12.C1CCOC1.Cc1ccccc1-c1cccc2c1oc1c(Br)cccc12.Cc1ccccc1-c1cccc2c1oc1c(Cc3ccccc3)cccc12.Cc1ccccc1-c1cccc2c1oc1ccccc12.Nc1ccccc1. The van der Waals surface area contributed by atoms with Gasteiger partial charge < -0.3 is 28.1 Å². The molecule has 0 spiro atoms. The number of rotatable bonds is 5. The zero-order valence-corrected chi connectivity index (χ0v) is 55.8. The van der Waals surface area contributed by atoms with Gasteiger partial charge in [-0.2, -0.15) is 0 Å². The van der Waals surface area contributed by atoms with Crippen molar-refractivity contribution in [3.63, 3.8) is 0 Å². The molecule has 17 aromatic rings. The summed E-state index contributed by atoms with van der Waals surface area (Å²) in [4.78, 5) is 0. The minimum atomic E-state index is 0.822. The molecule has 2 N–H and O–H groups in total. The molecule has 6 nitrogen and oxygen atoms in total. The molecular formula is C86H69Br2NO5. The van der Waals surface area contributed by atoms with Gasteiger partial charge in [-0.05, 0) is 146 Å². The zero-order chi connectivity index (χ0) is 64.3. The van der Waals surface area contributed by atoms with E-state index in [1.54, 1.807) is 0 Å². The summed E-state index contributed by atoms with van der Waals surface area (Å²) in [6.07, 6.45) is 3.43. The fourth-order valence-corrected chi connectivity index (χ4v) is 13.2. The Kier molecular flexibility index (Phi) is 19.4. The van der Waals surface area contributed by atoms with Crippen molar-refractivity contribution in [2.24, 2.45) is 0 Å². The van der Waals surface area contributed by atoms with Gasteiger partial charge in [0.05, 0.1) is 8.95 Å². The van der Waals surface area contributed by atoms with Gasteiger partial charge in [0.2, 0.25) is 0 Å². The molecule has 1 aliphatic heterocycles. The third-order valence-corrected chi connectivity index (χ3v) is 18.3. The van der Waals surface area contributed by atoms with E-state index < -0.39 is 0 Å². The van der Waals surface area contributed by atoms with E-state index in [9.17, 15) is 0 Å². The summed E-state index contributed by atoms with van der Waals surface area (Å²) in [5, 5.41) is 9.37. The molecule has 13 aromatic carbocycles. The van der Waals surface area contributed by atoms with Crippen LogP contribution in [0.1, 0.15) is 40.7 Å². The van der Waals surface area contributed by atoms with Gasteiger partial charge in [0.15, 0.2) is 0 Å². The molecule has 18 rings (SSSR count). The van der Waals surface area contributed by atoms with Gasteiger partial charge in [0.1, 0.15) is 44.7 Å². The predicted molar refractivity (Wildman–Crippen MR) is 401 cm³/mol. The fraction of sp³-hybridized carbons (Fsp3) is 0.0930. The molecule has 1 fully saturated rings. The molecule has 0 radical (unpaired) electrons. The quantitative estimate of drug-likeness (QED) is 0.173. The first kappa shape index (κ1) is 62.6. The number of furan rings is 4. The number of halogens is 2. The lowest BCUT2D eigenvalue weighted by molar-refractivity contribution is 0.198. The average Bonchev–Trinajstić information content (AvgIpc) is 1.66. The van der Waals surface area contributed by atoms with E-state index >= 15 is 0 Å². The van der Waals surface area contributed by atoms with Crippen LogP contribution < -0.4 is 5.73 Å². The van der Waals surface area contributed by atoms with E-state index in [4.69, 9.17) is 28.1 Å². The Morgan fingerprint density at radius 2 is 0.606 bits per heavy atom. The molecule has 4 aromatic heterocycles. The Hall–Kier alpha value is -10.2. The average molecular weight is 1360 g/mol. The molecule has 1 aliphatic rings. The second-order valence-electron chi connectivity index (χ2n) is 23.3. The highest BCUT2D eigenvalue weighted by Crippen LogP contribution is 2.42. The molecule has 8 heteroatoms. The lowest BCUT2D eigenvalue weighted by atomic mass is 9.98. The Morgan fingerprint density at radius 3 is 1.05 bits per heavy atom. The molecule has 462 valence electrons. The van der Waals surface area contributed by atoms with E-state index in [2.05, 4.69) is 259 Å². The summed E-state index contributed by atoms with van der Waals surface area (Å²) in [5.74, 6) is 0. The normalized spacial score (nSPS) is 11.8. The number of fused-ring (bicyclic) bond motifs is 12. The van der Waals surface area contributed by atoms with E-state index in [1.807, 2.05) is 84.9 Å². The summed E-state index contributed by atoms with van der Waals surface area (Å²) in [6.45, 7) is 8.42. The topological polar surface area (TPSA) is 87.8 Å². The molecule has 0 saturated carbocycles. The van der Waals surface area contributed by atoms with Crippen molar-refractivity contribution < 1.29 is 22.4 Å². The molecule has 0 atom stereocenters. The first-order chi connectivity index (χ1) is 46.2. The van der Waals surface area contributed by atoms with Crippen molar-refractivity contribution in [3.8, 4) is 33.4 Å². The summed E-state index contributed by atoms with van der Waals surface area (Å²) >= 11 is 7.06. The molecular weight excluding hydrogens is 1290 g/mol. The van der Waals surface area contributed by atoms with Crippen molar-refractivity contribution in [2.45, 2.75) is 40.0 Å². The predicted octanol–water partition coefficient (Wildman–Crippen LogP) is 25.5. The van der Waals surface area contributed by atoms with Crippen molar-refractivity contribution in [3.05, 3.63) is 328 Å². The maximum Gasteiger partial charge on any atom is 0.149 e. The van der Waals surface area contributed by atoms with Crippen LogP contribution in [0, 0.1) is 20.8 Å². The number of hydrogen-bond donors (Lipinski definition) is 1. The van der Waals surface area contributed by atoms with Gasteiger partial charge in [-0.25, -0.2) is 0 Å². The number of nitrogen functional groups attached to an aromatic ring is 1. The number of benzene rings is 13. The van der Waals surface area contributed by atoms with Crippen LogP contribution in [-0.4, -0.2) is 13.2 Å². The smallest absolute Gasteiger partial charge is 0.149 e. The molecule has 0 bridgehead atoms. The van der Waals surface area contributed by atoms with Crippen LogP contribution in [0.2, 0.25) is 0 Å². The highest BCUT2D eigenvalue weighted by molar-refractivity contribution is 9.11. The Labute approximate surface area is 564 Å². The van der Waals surface area contributed by atoms with Gasteiger partial charge in [-0.1, -0.05) is 255 Å². The van der Waals surface area contributed by atoms with Crippen LogP contribution in [-0.2, 0) is 11.2 Å². The van der Waals surface area contributed by atoms with Gasteiger partial charge in [-0.15, -0.1) is 0 Å². The Bertz CT molecular complexity index is 5420. The largest absolute Gasteiger partial charge is 0.455 e. The van der Waals surface area contributed by atoms with Crippen molar-refractivity contribution in [1.29, 1.82) is 0 Å². The number of anilines is 1. The third-order valence-electron chi connectivity index (χ3n) is 17.0. The second kappa shape index (κ2) is 29.2. The van der Waals surface area contributed by atoms with Crippen LogP contribution >= 0.6 is 31.9 Å². The lowest BCUT2D eigenvalue weighted by Crippen LogP contribution is -1.87. The summed E-state index contributed by atoms with van der Waals surface area (Å²) < 4.78 is 31.4. The first-order valence-corrected chi connectivity index (χ1v) is 33.3. The van der Waals surface area contributed by atoms with Crippen LogP contribution in [0.5, 0.6) is 0 Å². The van der Waals surface area contributed by atoms with Crippen molar-refractivity contribution in [2.75, 3.05) is 18.9 Å². The number of para-hydroxylation sites is 9. The number of ether oxygens (including phenoxy) is 1. The van der Waals surface area contributed by atoms with Gasteiger partial charge in [0.25, 0.3) is 0 Å². The van der Waals surface area contributed by atoms with Gasteiger partial charge in [0, 0.05) is 85.1 Å². The van der Waals surface area contributed by atoms with Crippen LogP contribution in [0.3, 0.4) is 0 Å². The van der Waals surface area contributed by atoms with Gasteiger partial charge >= 0.3 is 0 Å². The molecule has 5 heterocycles. The Morgan fingerprint density at radius 1 is 0.287 bits per heavy atom. The highest BCUT2D eigenvalue weighted by Gasteiger charge is 2.18. The summed E-state index contributed by atoms with van der Waals surface area (Å²) in [6, 6.07) is 99.5. The molecule has 1 saturated heterocycles. The maximum atomic E-state index is 6.50. The van der Waals surface area contributed by atoms with E-state index in [-0.39, 0.29) is 0 Å². The first-order valence-electron chi connectivity index (χ1n) is 31.8. The third kappa shape index (κ3) is 13.6. The minimum Gasteiger partial charge on any atom is -0.455 e. The van der Waals surface area contributed by atoms with Crippen molar-refractivity contribution in [1.82, 2.24) is 0 Å². The van der Waals surface area contributed by atoms with Crippen LogP contribution in [0.15, 0.2) is 318 Å². The number of aryl methyl sites for hydroxylation is 3. The van der Waals surface area contributed by atoms with Crippen LogP contribution in [0.25, 0.3) is 121 Å². The van der Waals surface area contributed by atoms with Crippen molar-refractivity contribution >= 4 is 125 Å². The van der Waals surface area contributed by atoms with E-state index in [1.165, 1.54) is 84.3 Å². The zero-order valence-electron chi connectivity index (χ0n) is 52.6. The highest BCUT2D eigenvalue weighted by atomic mass is 79.9. The molecule has 0 amide bonds. The van der Waals surface area contributed by atoms with E-state index in [0.29, 0.717) is 0 Å².